The zero-order valence-electron chi connectivity index (χ0n) is 12.5. The van der Waals surface area contributed by atoms with E-state index in [-0.39, 0.29) is 23.6 Å². The van der Waals surface area contributed by atoms with Crippen LogP contribution in [-0.2, 0) is 10.4 Å². The quantitative estimate of drug-likeness (QED) is 0.785. The number of para-hydroxylation sites is 2. The van der Waals surface area contributed by atoms with Gasteiger partial charge in [-0.15, -0.1) is 0 Å². The fraction of sp³-hybridized carbons (Fsp3) is 0.167. The third-order valence-electron chi connectivity index (χ3n) is 4.24. The molecule has 0 saturated heterocycles. The van der Waals surface area contributed by atoms with Gasteiger partial charge in [-0.2, -0.15) is 0 Å². The van der Waals surface area contributed by atoms with E-state index in [0.717, 1.165) is 0 Å². The standard InChI is InChI=1S/C18H14N2O3/c1-11(21)10-18(23)13-7-3-5-9-15(13)20-16(22)12-6-2-4-8-14(12)19-17(18)20/h2-9,23H,10H2,1H3. The lowest BCUT2D eigenvalue weighted by atomic mass is 9.89. The maximum atomic E-state index is 12.9. The number of benzene rings is 2. The van der Waals surface area contributed by atoms with Crippen LogP contribution in [0.25, 0.3) is 16.6 Å². The SMILES string of the molecule is CC(=O)CC1(O)c2ccccc2-n2c1nc1ccccc1c2=O. The summed E-state index contributed by atoms with van der Waals surface area (Å²) in [6.07, 6.45) is -0.116. The van der Waals surface area contributed by atoms with E-state index >= 15 is 0 Å². The number of aromatic nitrogens is 2. The molecule has 1 aliphatic rings. The number of hydrogen-bond donors (Lipinski definition) is 1. The first kappa shape index (κ1) is 13.8. The van der Waals surface area contributed by atoms with Crippen molar-refractivity contribution < 1.29 is 9.90 Å². The predicted molar refractivity (Wildman–Crippen MR) is 85.6 cm³/mol. The van der Waals surface area contributed by atoms with E-state index in [9.17, 15) is 14.7 Å². The molecule has 2 aromatic carbocycles. The molecule has 0 saturated carbocycles. The molecule has 0 amide bonds. The number of nitrogens with zero attached hydrogens (tertiary/aromatic N) is 2. The first-order valence-corrected chi connectivity index (χ1v) is 7.36. The number of carbonyl (C=O) groups is 1. The fourth-order valence-corrected chi connectivity index (χ4v) is 3.31. The number of hydrogen-bond acceptors (Lipinski definition) is 4. The van der Waals surface area contributed by atoms with Crippen molar-refractivity contribution in [2.24, 2.45) is 0 Å². The Hall–Kier alpha value is -2.79. The summed E-state index contributed by atoms with van der Waals surface area (Å²) in [4.78, 5) is 29.1. The van der Waals surface area contributed by atoms with E-state index in [2.05, 4.69) is 4.98 Å². The van der Waals surface area contributed by atoms with Crippen molar-refractivity contribution in [2.75, 3.05) is 0 Å². The van der Waals surface area contributed by atoms with Crippen molar-refractivity contribution in [3.63, 3.8) is 0 Å². The molecular weight excluding hydrogens is 292 g/mol. The van der Waals surface area contributed by atoms with Gasteiger partial charge in [-0.1, -0.05) is 30.3 Å². The van der Waals surface area contributed by atoms with E-state index in [1.165, 1.54) is 11.5 Å². The van der Waals surface area contributed by atoms with E-state index in [0.29, 0.717) is 22.2 Å². The minimum Gasteiger partial charge on any atom is -0.377 e. The minimum atomic E-state index is -1.58. The summed E-state index contributed by atoms with van der Waals surface area (Å²) in [6.45, 7) is 1.42. The van der Waals surface area contributed by atoms with Gasteiger partial charge in [0.2, 0.25) is 0 Å². The number of fused-ring (bicyclic) bond motifs is 4. The van der Waals surface area contributed by atoms with Crippen molar-refractivity contribution in [3.8, 4) is 5.69 Å². The Morgan fingerprint density at radius 3 is 2.65 bits per heavy atom. The van der Waals surface area contributed by atoms with Crippen LogP contribution in [0.5, 0.6) is 0 Å². The van der Waals surface area contributed by atoms with Gasteiger partial charge in [0.05, 0.1) is 16.6 Å². The molecule has 0 radical (unpaired) electrons. The molecule has 114 valence electrons. The van der Waals surface area contributed by atoms with Crippen molar-refractivity contribution >= 4 is 16.7 Å². The van der Waals surface area contributed by atoms with Gasteiger partial charge in [0.1, 0.15) is 5.78 Å². The molecule has 1 unspecified atom stereocenters. The molecule has 0 spiro atoms. The zero-order valence-corrected chi connectivity index (χ0v) is 12.5. The highest BCUT2D eigenvalue weighted by Crippen LogP contribution is 2.41. The highest BCUT2D eigenvalue weighted by Gasteiger charge is 2.45. The van der Waals surface area contributed by atoms with Crippen LogP contribution in [0.2, 0.25) is 0 Å². The molecule has 3 aromatic rings. The Morgan fingerprint density at radius 1 is 1.17 bits per heavy atom. The van der Waals surface area contributed by atoms with Crippen LogP contribution in [0.4, 0.5) is 0 Å². The number of ketones is 1. The molecule has 1 aromatic heterocycles. The Bertz CT molecular complexity index is 1020. The molecule has 1 aliphatic heterocycles. The van der Waals surface area contributed by atoms with Gasteiger partial charge < -0.3 is 5.11 Å². The lowest BCUT2D eigenvalue weighted by Crippen LogP contribution is -2.31. The van der Waals surface area contributed by atoms with Gasteiger partial charge in [0.25, 0.3) is 5.56 Å². The molecule has 1 atom stereocenters. The predicted octanol–water partition coefficient (Wildman–Crippen LogP) is 1.91. The zero-order chi connectivity index (χ0) is 16.2. The maximum Gasteiger partial charge on any atom is 0.266 e. The van der Waals surface area contributed by atoms with Crippen molar-refractivity contribution in [2.45, 2.75) is 18.9 Å². The van der Waals surface area contributed by atoms with Gasteiger partial charge in [0.15, 0.2) is 11.4 Å². The second kappa shape index (κ2) is 4.60. The average molecular weight is 306 g/mol. The largest absolute Gasteiger partial charge is 0.377 e. The van der Waals surface area contributed by atoms with Gasteiger partial charge in [-0.05, 0) is 25.1 Å². The van der Waals surface area contributed by atoms with Gasteiger partial charge in [-0.3, -0.25) is 14.2 Å². The normalized spacial score (nSPS) is 18.7. The first-order valence-electron chi connectivity index (χ1n) is 7.36. The Morgan fingerprint density at radius 2 is 1.87 bits per heavy atom. The molecule has 5 heteroatoms. The van der Waals surface area contributed by atoms with Crippen LogP contribution in [0.1, 0.15) is 24.7 Å². The van der Waals surface area contributed by atoms with Crippen molar-refractivity contribution in [3.05, 3.63) is 70.3 Å². The van der Waals surface area contributed by atoms with Crippen molar-refractivity contribution in [1.29, 1.82) is 0 Å². The van der Waals surface area contributed by atoms with Crippen LogP contribution < -0.4 is 5.56 Å². The molecule has 1 N–H and O–H groups in total. The second-order valence-electron chi connectivity index (χ2n) is 5.85. The topological polar surface area (TPSA) is 72.2 Å². The second-order valence-corrected chi connectivity index (χ2v) is 5.85. The average Bonchev–Trinajstić information content (AvgIpc) is 2.77. The number of Topliss-reactive ketones (excluding diaryl/α,β-unsaturated/α-hetero) is 1. The Balaban J connectivity index is 2.16. The monoisotopic (exact) mass is 306 g/mol. The Labute approximate surface area is 131 Å². The minimum absolute atomic E-state index is 0.116. The number of rotatable bonds is 2. The first-order chi connectivity index (χ1) is 11.0. The van der Waals surface area contributed by atoms with Crippen LogP contribution in [-0.4, -0.2) is 20.4 Å². The summed E-state index contributed by atoms with van der Waals surface area (Å²) in [5.74, 6) is 0.0377. The maximum absolute atomic E-state index is 12.9. The smallest absolute Gasteiger partial charge is 0.266 e. The lowest BCUT2D eigenvalue weighted by molar-refractivity contribution is -0.120. The van der Waals surface area contributed by atoms with Crippen LogP contribution in [0.3, 0.4) is 0 Å². The van der Waals surface area contributed by atoms with E-state index < -0.39 is 5.60 Å². The highest BCUT2D eigenvalue weighted by molar-refractivity contribution is 5.81. The van der Waals surface area contributed by atoms with E-state index in [1.54, 1.807) is 48.5 Å². The van der Waals surface area contributed by atoms with E-state index in [1.807, 2.05) is 0 Å². The molecule has 0 aliphatic carbocycles. The molecule has 2 heterocycles. The summed E-state index contributed by atoms with van der Waals surface area (Å²) in [5.41, 5.74) is -0.188. The van der Waals surface area contributed by atoms with E-state index in [4.69, 9.17) is 0 Å². The third kappa shape index (κ3) is 1.80. The number of aliphatic hydroxyl groups is 1. The highest BCUT2D eigenvalue weighted by atomic mass is 16.3. The molecule has 23 heavy (non-hydrogen) atoms. The fourth-order valence-electron chi connectivity index (χ4n) is 3.31. The van der Waals surface area contributed by atoms with Crippen molar-refractivity contribution in [1.82, 2.24) is 9.55 Å². The molecule has 0 fully saturated rings. The lowest BCUT2D eigenvalue weighted by Gasteiger charge is -2.22. The Kier molecular flexibility index (Phi) is 2.77. The molecular formula is C18H14N2O3. The van der Waals surface area contributed by atoms with Crippen LogP contribution in [0.15, 0.2) is 53.3 Å². The van der Waals surface area contributed by atoms with Gasteiger partial charge in [-0.25, -0.2) is 4.98 Å². The third-order valence-corrected chi connectivity index (χ3v) is 4.24. The summed E-state index contributed by atoms with van der Waals surface area (Å²) in [6, 6.07) is 14.1. The van der Waals surface area contributed by atoms with Gasteiger partial charge >= 0.3 is 0 Å². The number of carbonyl (C=O) groups excluding carboxylic acids is 1. The summed E-state index contributed by atoms with van der Waals surface area (Å²) in [7, 11) is 0. The summed E-state index contributed by atoms with van der Waals surface area (Å²) >= 11 is 0. The molecule has 4 rings (SSSR count). The molecule has 5 nitrogen and oxygen atoms in total. The summed E-state index contributed by atoms with van der Waals surface area (Å²) < 4.78 is 1.42. The molecule has 0 bridgehead atoms. The van der Waals surface area contributed by atoms with Crippen LogP contribution in [0, 0.1) is 0 Å². The summed E-state index contributed by atoms with van der Waals surface area (Å²) in [5, 5.41) is 11.7. The van der Waals surface area contributed by atoms with Gasteiger partial charge in [0, 0.05) is 12.0 Å². The van der Waals surface area contributed by atoms with Crippen LogP contribution >= 0.6 is 0 Å².